The number of nitrogens with one attached hydrogen (secondary N) is 1. The summed E-state index contributed by atoms with van der Waals surface area (Å²) in [6.07, 6.45) is 2.23. The van der Waals surface area contributed by atoms with Crippen LogP contribution in [0, 0.1) is 5.92 Å². The topological polar surface area (TPSA) is 38.3 Å². The van der Waals surface area contributed by atoms with Crippen LogP contribution in [-0.4, -0.2) is 25.7 Å². The van der Waals surface area contributed by atoms with Gasteiger partial charge in [0.2, 0.25) is 5.91 Å². The van der Waals surface area contributed by atoms with E-state index in [0.717, 1.165) is 12.8 Å². The molecule has 13 heavy (non-hydrogen) atoms. The number of rotatable bonds is 6. The summed E-state index contributed by atoms with van der Waals surface area (Å²) >= 11 is 0. The van der Waals surface area contributed by atoms with Crippen LogP contribution in [0.4, 0.5) is 0 Å². The Morgan fingerprint density at radius 3 is 2.54 bits per heavy atom. The highest BCUT2D eigenvalue weighted by molar-refractivity contribution is 5.77. The summed E-state index contributed by atoms with van der Waals surface area (Å²) in [4.78, 5) is 11.2. The molecule has 0 aliphatic carbocycles. The molecule has 0 aliphatic rings. The van der Waals surface area contributed by atoms with Crippen molar-refractivity contribution in [2.45, 2.75) is 39.7 Å². The van der Waals surface area contributed by atoms with Gasteiger partial charge in [-0.15, -0.1) is 0 Å². The lowest BCUT2D eigenvalue weighted by molar-refractivity contribution is -0.124. The van der Waals surface area contributed by atoms with Crippen LogP contribution in [0.25, 0.3) is 0 Å². The molecule has 80 valence electrons. The van der Waals surface area contributed by atoms with Crippen molar-refractivity contribution in [2.75, 3.05) is 13.7 Å². The van der Waals surface area contributed by atoms with Crippen LogP contribution in [-0.2, 0) is 9.53 Å². The van der Waals surface area contributed by atoms with Crippen molar-refractivity contribution >= 4 is 5.91 Å². The smallest absolute Gasteiger partial charge is 0.222 e. The highest BCUT2D eigenvalue weighted by Gasteiger charge is 2.10. The van der Waals surface area contributed by atoms with Crippen LogP contribution in [0.1, 0.15) is 35.0 Å². The molecule has 0 saturated heterocycles. The Morgan fingerprint density at radius 2 is 2.15 bits per heavy atom. The molecule has 0 aromatic carbocycles. The quantitative estimate of drug-likeness (QED) is 0.692. The van der Waals surface area contributed by atoms with Crippen molar-refractivity contribution in [3.8, 4) is 0 Å². The number of methoxy groups -OCH3 is 1. The van der Waals surface area contributed by atoms with Crippen LogP contribution in [0.15, 0.2) is 0 Å². The lowest BCUT2D eigenvalue weighted by atomic mass is 10.2. The molecule has 3 heteroatoms. The first-order valence-electron chi connectivity index (χ1n) is 4.92. The average Bonchev–Trinajstić information content (AvgIpc) is 2.11. The van der Waals surface area contributed by atoms with Crippen LogP contribution in [0.5, 0.6) is 0 Å². The van der Waals surface area contributed by atoms with Gasteiger partial charge in [0.1, 0.15) is 0 Å². The molecule has 0 fully saturated rings. The van der Waals surface area contributed by atoms with Gasteiger partial charge in [0.15, 0.2) is 0 Å². The number of carbonyl (C=O) groups excluding carboxylic acids is 1. The van der Waals surface area contributed by atoms with E-state index in [2.05, 4.69) is 12.2 Å². The Morgan fingerprint density at radius 1 is 1.54 bits per heavy atom. The number of hydrogen-bond donors (Lipinski definition) is 1. The van der Waals surface area contributed by atoms with E-state index in [1.807, 2.05) is 13.8 Å². The van der Waals surface area contributed by atoms with Gasteiger partial charge in [-0.25, -0.2) is 0 Å². The third-order valence-electron chi connectivity index (χ3n) is 1.97. The fourth-order valence-electron chi connectivity index (χ4n) is 1.04. The second kappa shape index (κ2) is 6.89. The van der Waals surface area contributed by atoms with Crippen LogP contribution in [0.2, 0.25) is 0 Å². The fourth-order valence-corrected chi connectivity index (χ4v) is 1.04. The largest absolute Gasteiger partial charge is 0.380 e. The van der Waals surface area contributed by atoms with Gasteiger partial charge in [-0.05, 0) is 6.42 Å². The van der Waals surface area contributed by atoms with Gasteiger partial charge in [-0.1, -0.05) is 27.2 Å². The second-order valence-electron chi connectivity index (χ2n) is 3.55. The fraction of sp³-hybridized carbons (Fsp3) is 0.900. The summed E-state index contributed by atoms with van der Waals surface area (Å²) in [5.74, 6) is 0.150. The number of amides is 1. The highest BCUT2D eigenvalue weighted by Crippen LogP contribution is 1.99. The molecule has 0 aromatic heterocycles. The number of ether oxygens (including phenoxy) is 1. The van der Waals surface area contributed by atoms with E-state index in [-0.39, 0.29) is 19.4 Å². The van der Waals surface area contributed by atoms with E-state index >= 15 is 0 Å². The first-order chi connectivity index (χ1) is 6.11. The van der Waals surface area contributed by atoms with Crippen LogP contribution >= 0.6 is 0 Å². The van der Waals surface area contributed by atoms with E-state index in [1.54, 1.807) is 7.11 Å². The molecule has 3 nitrogen and oxygen atoms in total. The highest BCUT2D eigenvalue weighted by atomic mass is 16.5. The van der Waals surface area contributed by atoms with Gasteiger partial charge in [0, 0.05) is 21.0 Å². The van der Waals surface area contributed by atoms with Crippen molar-refractivity contribution in [2.24, 2.45) is 5.92 Å². The minimum absolute atomic E-state index is 0. The summed E-state index contributed by atoms with van der Waals surface area (Å²) in [6, 6.07) is 0. The Bertz CT molecular complexity index is 151. The number of hydrogen-bond acceptors (Lipinski definition) is 2. The molecule has 0 rings (SSSR count). The SMILES string of the molecule is CCC[C@@H](CNC(=O)C(C)C)OC.[HH]. The van der Waals surface area contributed by atoms with Crippen molar-refractivity contribution in [3.63, 3.8) is 0 Å². The lowest BCUT2D eigenvalue weighted by Crippen LogP contribution is -2.35. The Labute approximate surface area is 82.3 Å². The molecule has 0 radical (unpaired) electrons. The maximum Gasteiger partial charge on any atom is 0.222 e. The van der Waals surface area contributed by atoms with Crippen LogP contribution in [0.3, 0.4) is 0 Å². The van der Waals surface area contributed by atoms with Gasteiger partial charge in [0.05, 0.1) is 6.10 Å². The minimum Gasteiger partial charge on any atom is -0.380 e. The first kappa shape index (κ1) is 12.4. The molecular formula is C10H23NO2. The zero-order valence-electron chi connectivity index (χ0n) is 9.09. The standard InChI is InChI=1S/C10H21NO2.H2/c1-5-6-9(13-4)7-11-10(12)8(2)3;/h8-9H,5-7H2,1-4H3,(H,11,12);1H/t9-;/m0./s1. The molecule has 0 aliphatic heterocycles. The van der Waals surface area contributed by atoms with E-state index in [4.69, 9.17) is 4.74 Å². The van der Waals surface area contributed by atoms with Crippen molar-refractivity contribution < 1.29 is 11.0 Å². The Balaban J connectivity index is 0. The molecule has 0 spiro atoms. The molecule has 1 atom stereocenters. The maximum absolute atomic E-state index is 11.2. The maximum atomic E-state index is 11.2. The van der Waals surface area contributed by atoms with Crippen molar-refractivity contribution in [3.05, 3.63) is 0 Å². The lowest BCUT2D eigenvalue weighted by Gasteiger charge is -2.15. The molecule has 1 N–H and O–H groups in total. The monoisotopic (exact) mass is 189 g/mol. The van der Waals surface area contributed by atoms with E-state index in [9.17, 15) is 4.79 Å². The molecule has 0 saturated carbocycles. The zero-order chi connectivity index (χ0) is 10.3. The van der Waals surface area contributed by atoms with Gasteiger partial charge in [0.25, 0.3) is 0 Å². The van der Waals surface area contributed by atoms with Crippen LogP contribution < -0.4 is 5.32 Å². The summed E-state index contributed by atoms with van der Waals surface area (Å²) in [5.41, 5.74) is 0. The number of carbonyl (C=O) groups is 1. The molecule has 0 heterocycles. The van der Waals surface area contributed by atoms with Crippen molar-refractivity contribution in [1.29, 1.82) is 0 Å². The predicted octanol–water partition coefficient (Wildman–Crippen LogP) is 1.82. The first-order valence-corrected chi connectivity index (χ1v) is 4.92. The molecule has 0 unspecified atom stereocenters. The van der Waals surface area contributed by atoms with E-state index in [0.29, 0.717) is 6.54 Å². The summed E-state index contributed by atoms with van der Waals surface area (Å²) in [6.45, 7) is 6.51. The third-order valence-corrected chi connectivity index (χ3v) is 1.97. The summed E-state index contributed by atoms with van der Waals surface area (Å²) < 4.78 is 5.21. The molecule has 0 bridgehead atoms. The Kier molecular flexibility index (Phi) is 6.59. The zero-order valence-corrected chi connectivity index (χ0v) is 9.09. The summed E-state index contributed by atoms with van der Waals surface area (Å²) in [7, 11) is 1.68. The predicted molar refractivity (Wildman–Crippen MR) is 55.7 cm³/mol. The van der Waals surface area contributed by atoms with Gasteiger partial charge >= 0.3 is 0 Å². The van der Waals surface area contributed by atoms with Gasteiger partial charge in [-0.2, -0.15) is 0 Å². The van der Waals surface area contributed by atoms with Gasteiger partial charge in [-0.3, -0.25) is 4.79 Å². The van der Waals surface area contributed by atoms with Crippen molar-refractivity contribution in [1.82, 2.24) is 5.32 Å². The van der Waals surface area contributed by atoms with E-state index < -0.39 is 0 Å². The van der Waals surface area contributed by atoms with Gasteiger partial charge < -0.3 is 10.1 Å². The molecular weight excluding hydrogens is 166 g/mol. The molecule has 1 amide bonds. The van der Waals surface area contributed by atoms with E-state index in [1.165, 1.54) is 0 Å². The second-order valence-corrected chi connectivity index (χ2v) is 3.55. The third kappa shape index (κ3) is 5.64. The summed E-state index contributed by atoms with van der Waals surface area (Å²) in [5, 5.41) is 2.85. The average molecular weight is 189 g/mol. The normalized spacial score (nSPS) is 13.0. The minimum atomic E-state index is 0. The molecule has 0 aromatic rings. The Hall–Kier alpha value is -0.570.